The number of amides is 3. The molecule has 2 aromatic rings. The molecular formula is C18H21N3O2S. The molecule has 1 aromatic carbocycles. The van der Waals surface area contributed by atoms with Crippen LogP contribution in [0.1, 0.15) is 12.8 Å². The van der Waals surface area contributed by atoms with Crippen LogP contribution in [0.4, 0.5) is 10.5 Å². The number of rotatable bonds is 3. The van der Waals surface area contributed by atoms with Crippen molar-refractivity contribution in [1.82, 2.24) is 10.2 Å². The largest absolute Gasteiger partial charge is 0.359 e. The van der Waals surface area contributed by atoms with Crippen molar-refractivity contribution in [3.8, 4) is 11.1 Å². The van der Waals surface area contributed by atoms with Gasteiger partial charge in [-0.25, -0.2) is 4.79 Å². The molecule has 1 atom stereocenters. The fraction of sp³-hybridized carbons (Fsp3) is 0.333. The van der Waals surface area contributed by atoms with E-state index >= 15 is 0 Å². The molecule has 24 heavy (non-hydrogen) atoms. The number of carbonyl (C=O) groups excluding carboxylic acids is 2. The molecule has 6 heteroatoms. The van der Waals surface area contributed by atoms with Crippen molar-refractivity contribution in [3.63, 3.8) is 0 Å². The smallest absolute Gasteiger partial charge is 0.321 e. The first-order valence-corrected chi connectivity index (χ1v) is 9.02. The Morgan fingerprint density at radius 3 is 2.88 bits per heavy atom. The summed E-state index contributed by atoms with van der Waals surface area (Å²) in [5.74, 6) is -0.112. The Hall–Kier alpha value is -2.34. The Balaban J connectivity index is 1.66. The molecule has 3 amide bonds. The minimum atomic E-state index is -0.147. The van der Waals surface area contributed by atoms with Crippen LogP contribution >= 0.6 is 11.3 Å². The topological polar surface area (TPSA) is 61.4 Å². The van der Waals surface area contributed by atoms with Crippen LogP contribution in [0.5, 0.6) is 0 Å². The molecule has 0 radical (unpaired) electrons. The van der Waals surface area contributed by atoms with Crippen molar-refractivity contribution in [2.75, 3.05) is 25.5 Å². The summed E-state index contributed by atoms with van der Waals surface area (Å²) in [5.41, 5.74) is 3.00. The van der Waals surface area contributed by atoms with E-state index in [0.717, 1.165) is 29.7 Å². The number of carbonyl (C=O) groups is 2. The highest BCUT2D eigenvalue weighted by atomic mass is 32.1. The van der Waals surface area contributed by atoms with Crippen LogP contribution in [0.3, 0.4) is 0 Å². The summed E-state index contributed by atoms with van der Waals surface area (Å²) >= 11 is 1.65. The third-order valence-electron chi connectivity index (χ3n) is 4.29. The zero-order valence-corrected chi connectivity index (χ0v) is 14.4. The fourth-order valence-electron chi connectivity index (χ4n) is 2.99. The normalized spacial score (nSPS) is 17.4. The molecule has 126 valence electrons. The van der Waals surface area contributed by atoms with E-state index in [1.54, 1.807) is 23.3 Å². The molecule has 0 unspecified atom stereocenters. The summed E-state index contributed by atoms with van der Waals surface area (Å²) < 4.78 is 0. The monoisotopic (exact) mass is 343 g/mol. The van der Waals surface area contributed by atoms with Crippen LogP contribution in [0.2, 0.25) is 0 Å². The average Bonchev–Trinajstić information content (AvgIpc) is 3.16. The van der Waals surface area contributed by atoms with Gasteiger partial charge >= 0.3 is 6.03 Å². The van der Waals surface area contributed by atoms with E-state index in [0.29, 0.717) is 13.1 Å². The van der Waals surface area contributed by atoms with E-state index < -0.39 is 0 Å². The Morgan fingerprint density at radius 2 is 2.12 bits per heavy atom. The molecular weight excluding hydrogens is 322 g/mol. The SMILES string of the molecule is CNC(=O)[C@@H]1CCCN(C(=O)Nc2cccc(-c3ccsc3)c2)C1. The number of nitrogens with one attached hydrogen (secondary N) is 2. The van der Waals surface area contributed by atoms with Crippen molar-refractivity contribution in [1.29, 1.82) is 0 Å². The van der Waals surface area contributed by atoms with Gasteiger partial charge in [0.15, 0.2) is 0 Å². The number of urea groups is 1. The lowest BCUT2D eigenvalue weighted by molar-refractivity contribution is -0.125. The number of benzene rings is 1. The first-order valence-electron chi connectivity index (χ1n) is 8.07. The van der Waals surface area contributed by atoms with Crippen LogP contribution in [0.25, 0.3) is 11.1 Å². The molecule has 5 nitrogen and oxygen atoms in total. The molecule has 1 saturated heterocycles. The number of thiophene rings is 1. The molecule has 0 saturated carbocycles. The number of anilines is 1. The molecule has 2 heterocycles. The predicted octanol–water partition coefficient (Wildman–Crippen LogP) is 3.41. The van der Waals surface area contributed by atoms with E-state index in [4.69, 9.17) is 0 Å². The van der Waals surface area contributed by atoms with Gasteiger partial charge in [-0.15, -0.1) is 0 Å². The van der Waals surface area contributed by atoms with Crippen molar-refractivity contribution in [2.24, 2.45) is 5.92 Å². The van der Waals surface area contributed by atoms with E-state index in [-0.39, 0.29) is 17.9 Å². The average molecular weight is 343 g/mol. The first kappa shape index (κ1) is 16.5. The predicted molar refractivity (Wildman–Crippen MR) is 97.1 cm³/mol. The quantitative estimate of drug-likeness (QED) is 0.897. The van der Waals surface area contributed by atoms with Crippen molar-refractivity contribution < 1.29 is 9.59 Å². The van der Waals surface area contributed by atoms with Gasteiger partial charge in [-0.3, -0.25) is 4.79 Å². The Bertz CT molecular complexity index is 715. The van der Waals surface area contributed by atoms with Gasteiger partial charge in [-0.05, 0) is 52.9 Å². The molecule has 1 aliphatic heterocycles. The zero-order chi connectivity index (χ0) is 16.9. The zero-order valence-electron chi connectivity index (χ0n) is 13.6. The van der Waals surface area contributed by atoms with Gasteiger partial charge in [0.25, 0.3) is 0 Å². The molecule has 3 rings (SSSR count). The maximum atomic E-state index is 12.5. The number of nitrogens with zero attached hydrogens (tertiary/aromatic N) is 1. The number of hydrogen-bond acceptors (Lipinski definition) is 3. The van der Waals surface area contributed by atoms with Crippen LogP contribution in [-0.4, -0.2) is 37.0 Å². The lowest BCUT2D eigenvalue weighted by Crippen LogP contribution is -2.46. The Morgan fingerprint density at radius 1 is 1.25 bits per heavy atom. The molecule has 0 bridgehead atoms. The van der Waals surface area contributed by atoms with Crippen LogP contribution in [0, 0.1) is 5.92 Å². The molecule has 0 aliphatic carbocycles. The van der Waals surface area contributed by atoms with Crippen molar-refractivity contribution >= 4 is 29.0 Å². The minimum absolute atomic E-state index is 0.00644. The van der Waals surface area contributed by atoms with E-state index in [1.165, 1.54) is 0 Å². The summed E-state index contributed by atoms with van der Waals surface area (Å²) in [6.45, 7) is 1.15. The summed E-state index contributed by atoms with van der Waals surface area (Å²) in [6, 6.07) is 9.73. The summed E-state index contributed by atoms with van der Waals surface area (Å²) in [7, 11) is 1.64. The lowest BCUT2D eigenvalue weighted by Gasteiger charge is -2.31. The van der Waals surface area contributed by atoms with Crippen LogP contribution in [0.15, 0.2) is 41.1 Å². The van der Waals surface area contributed by atoms with E-state index in [1.807, 2.05) is 29.6 Å². The summed E-state index contributed by atoms with van der Waals surface area (Å²) in [5, 5.41) is 9.74. The Kier molecular flexibility index (Phi) is 5.15. The van der Waals surface area contributed by atoms with Crippen LogP contribution < -0.4 is 10.6 Å². The summed E-state index contributed by atoms with van der Waals surface area (Å²) in [6.07, 6.45) is 1.68. The number of likely N-dealkylation sites (tertiary alicyclic amines) is 1. The highest BCUT2D eigenvalue weighted by Gasteiger charge is 2.27. The van der Waals surface area contributed by atoms with Gasteiger partial charge < -0.3 is 15.5 Å². The highest BCUT2D eigenvalue weighted by Crippen LogP contribution is 2.25. The molecule has 1 aliphatic rings. The standard InChI is InChI=1S/C18H21N3O2S/c1-19-17(22)14-5-3-8-21(11-14)18(23)20-16-6-2-4-13(10-16)15-7-9-24-12-15/h2,4,6-7,9-10,12,14H,3,5,8,11H2,1H3,(H,19,22)(H,20,23)/t14-/m1/s1. The third-order valence-corrected chi connectivity index (χ3v) is 4.98. The number of piperidine rings is 1. The molecule has 2 N–H and O–H groups in total. The third kappa shape index (κ3) is 3.76. The van der Waals surface area contributed by atoms with Crippen LogP contribution in [-0.2, 0) is 4.79 Å². The van der Waals surface area contributed by atoms with Gasteiger partial charge in [0.1, 0.15) is 0 Å². The minimum Gasteiger partial charge on any atom is -0.359 e. The van der Waals surface area contributed by atoms with Gasteiger partial charge in [0.2, 0.25) is 5.91 Å². The second-order valence-electron chi connectivity index (χ2n) is 5.92. The number of hydrogen-bond donors (Lipinski definition) is 2. The van der Waals surface area contributed by atoms with E-state index in [2.05, 4.69) is 22.1 Å². The Labute approximate surface area is 145 Å². The second-order valence-corrected chi connectivity index (χ2v) is 6.70. The molecule has 0 spiro atoms. The van der Waals surface area contributed by atoms with E-state index in [9.17, 15) is 9.59 Å². The lowest BCUT2D eigenvalue weighted by atomic mass is 9.97. The molecule has 1 aromatic heterocycles. The highest BCUT2D eigenvalue weighted by molar-refractivity contribution is 7.08. The van der Waals surface area contributed by atoms with Gasteiger partial charge in [0.05, 0.1) is 5.92 Å². The van der Waals surface area contributed by atoms with Gasteiger partial charge in [0, 0.05) is 25.8 Å². The maximum absolute atomic E-state index is 12.5. The van der Waals surface area contributed by atoms with Gasteiger partial charge in [-0.2, -0.15) is 11.3 Å². The molecule has 1 fully saturated rings. The van der Waals surface area contributed by atoms with Crippen molar-refractivity contribution in [3.05, 3.63) is 41.1 Å². The first-order chi connectivity index (χ1) is 11.7. The second kappa shape index (κ2) is 7.49. The van der Waals surface area contributed by atoms with Crippen molar-refractivity contribution in [2.45, 2.75) is 12.8 Å². The van der Waals surface area contributed by atoms with Gasteiger partial charge in [-0.1, -0.05) is 12.1 Å². The summed E-state index contributed by atoms with van der Waals surface area (Å²) in [4.78, 5) is 26.0. The maximum Gasteiger partial charge on any atom is 0.321 e. The fourth-order valence-corrected chi connectivity index (χ4v) is 3.65.